The molecule has 3 aromatic rings. The largest absolute Gasteiger partial charge is 0.462 e. The van der Waals surface area contributed by atoms with E-state index in [1.807, 2.05) is 16.8 Å². The van der Waals surface area contributed by atoms with E-state index in [0.717, 1.165) is 18.4 Å². The minimum Gasteiger partial charge on any atom is -0.462 e. The molecule has 0 N–H and O–H groups in total. The molecule has 1 fully saturated rings. The van der Waals surface area contributed by atoms with Gasteiger partial charge < -0.3 is 18.8 Å². The van der Waals surface area contributed by atoms with E-state index in [1.54, 1.807) is 36.8 Å². The van der Waals surface area contributed by atoms with Crippen LogP contribution in [-0.4, -0.2) is 28.6 Å². The summed E-state index contributed by atoms with van der Waals surface area (Å²) in [6.45, 7) is 0.907. The summed E-state index contributed by atoms with van der Waals surface area (Å²) in [7, 11) is 0. The zero-order valence-corrected chi connectivity index (χ0v) is 21.2. The molecule has 176 valence electrons. The Morgan fingerprint density at radius 1 is 1.00 bits per heavy atom. The number of aromatic nitrogens is 2. The third-order valence-electron chi connectivity index (χ3n) is 5.25. The van der Waals surface area contributed by atoms with Gasteiger partial charge in [-0.25, -0.2) is 4.98 Å². The maximum atomic E-state index is 6.47. The van der Waals surface area contributed by atoms with Crippen LogP contribution in [-0.2, 0) is 16.0 Å². The van der Waals surface area contributed by atoms with E-state index in [9.17, 15) is 0 Å². The molecule has 0 amide bonds. The average Bonchev–Trinajstić information content (AvgIpc) is 3.27. The van der Waals surface area contributed by atoms with Crippen LogP contribution >= 0.6 is 58.0 Å². The number of ether oxygens (including phenoxy) is 3. The number of halogens is 5. The lowest BCUT2D eigenvalue weighted by atomic mass is 10.1. The number of nitrogens with zero attached hydrogens (tertiary/aromatic N) is 2. The van der Waals surface area contributed by atoms with E-state index >= 15 is 0 Å². The molecule has 1 aliphatic rings. The van der Waals surface area contributed by atoms with Crippen molar-refractivity contribution in [3.8, 4) is 5.75 Å². The monoisotopic (exact) mass is 548 g/mol. The van der Waals surface area contributed by atoms with Gasteiger partial charge in [0, 0.05) is 39.4 Å². The molecular weight excluding hydrogens is 530 g/mol. The SMILES string of the molecule is Clc1ccc(C(Cn2ccnc2)OCC2CCCC(Oc3c(Cl)cc(Cl)cc3Cl)O2)c(Cl)c1. The molecule has 3 unspecified atom stereocenters. The Kier molecular flexibility index (Phi) is 8.69. The summed E-state index contributed by atoms with van der Waals surface area (Å²) in [6, 6.07) is 8.57. The summed E-state index contributed by atoms with van der Waals surface area (Å²) >= 11 is 31.0. The normalized spacial score (nSPS) is 19.4. The van der Waals surface area contributed by atoms with Gasteiger partial charge in [0.05, 0.1) is 35.6 Å². The summed E-state index contributed by atoms with van der Waals surface area (Å²) < 4.78 is 20.3. The lowest BCUT2D eigenvalue weighted by Gasteiger charge is -2.31. The first-order valence-electron chi connectivity index (χ1n) is 10.4. The van der Waals surface area contributed by atoms with Gasteiger partial charge in [-0.2, -0.15) is 0 Å². The van der Waals surface area contributed by atoms with Crippen molar-refractivity contribution in [3.63, 3.8) is 0 Å². The van der Waals surface area contributed by atoms with Crippen molar-refractivity contribution in [2.75, 3.05) is 6.61 Å². The molecule has 10 heteroatoms. The summed E-state index contributed by atoms with van der Waals surface area (Å²) in [6.07, 6.45) is 6.84. The summed E-state index contributed by atoms with van der Waals surface area (Å²) in [5, 5.41) is 2.24. The zero-order valence-electron chi connectivity index (χ0n) is 17.4. The van der Waals surface area contributed by atoms with Crippen LogP contribution in [0.25, 0.3) is 0 Å². The van der Waals surface area contributed by atoms with Crippen molar-refractivity contribution in [2.45, 2.75) is 44.3 Å². The van der Waals surface area contributed by atoms with Crippen LogP contribution < -0.4 is 4.74 Å². The molecule has 0 radical (unpaired) electrons. The van der Waals surface area contributed by atoms with Gasteiger partial charge in [0.25, 0.3) is 0 Å². The fourth-order valence-corrected chi connectivity index (χ4v) is 5.09. The van der Waals surface area contributed by atoms with Crippen LogP contribution in [0.5, 0.6) is 5.75 Å². The topological polar surface area (TPSA) is 45.5 Å². The Morgan fingerprint density at radius 3 is 2.45 bits per heavy atom. The summed E-state index contributed by atoms with van der Waals surface area (Å²) in [5.74, 6) is 0.361. The standard InChI is InChI=1S/C23H21Cl5N2O3/c24-14-4-5-17(18(26)8-14)21(11-30-7-6-29-13-30)31-12-16-2-1-3-22(32-16)33-23-19(27)9-15(25)10-20(23)28/h4-10,13,16,21-22H,1-3,11-12H2. The molecule has 33 heavy (non-hydrogen) atoms. The molecule has 4 rings (SSSR count). The van der Waals surface area contributed by atoms with Gasteiger partial charge in [0.1, 0.15) is 6.10 Å². The van der Waals surface area contributed by atoms with Crippen molar-refractivity contribution in [1.82, 2.24) is 9.55 Å². The highest BCUT2D eigenvalue weighted by molar-refractivity contribution is 6.40. The van der Waals surface area contributed by atoms with Gasteiger partial charge in [-0.15, -0.1) is 0 Å². The highest BCUT2D eigenvalue weighted by atomic mass is 35.5. The van der Waals surface area contributed by atoms with Crippen LogP contribution in [0.3, 0.4) is 0 Å². The van der Waals surface area contributed by atoms with Crippen LogP contribution in [0.1, 0.15) is 30.9 Å². The zero-order chi connectivity index (χ0) is 23.4. The third-order valence-corrected chi connectivity index (χ3v) is 6.59. The van der Waals surface area contributed by atoms with Gasteiger partial charge in [-0.05, 0) is 37.1 Å². The smallest absolute Gasteiger partial charge is 0.200 e. The van der Waals surface area contributed by atoms with E-state index in [0.29, 0.717) is 50.4 Å². The quantitative estimate of drug-likeness (QED) is 0.286. The number of imidazole rings is 1. The number of hydrogen-bond acceptors (Lipinski definition) is 4. The van der Waals surface area contributed by atoms with E-state index < -0.39 is 6.29 Å². The van der Waals surface area contributed by atoms with Crippen LogP contribution in [0.4, 0.5) is 0 Å². The third kappa shape index (κ3) is 6.70. The second-order valence-electron chi connectivity index (χ2n) is 7.68. The molecule has 5 nitrogen and oxygen atoms in total. The fraction of sp³-hybridized carbons (Fsp3) is 0.348. The van der Waals surface area contributed by atoms with Crippen molar-refractivity contribution < 1.29 is 14.2 Å². The van der Waals surface area contributed by atoms with Gasteiger partial charge in [-0.1, -0.05) is 64.1 Å². The molecule has 2 aromatic carbocycles. The number of benzene rings is 2. The summed E-state index contributed by atoms with van der Waals surface area (Å²) in [4.78, 5) is 4.11. The van der Waals surface area contributed by atoms with Crippen molar-refractivity contribution in [3.05, 3.63) is 79.7 Å². The summed E-state index contributed by atoms with van der Waals surface area (Å²) in [5.41, 5.74) is 0.845. The molecular formula is C23H21Cl5N2O3. The van der Waals surface area contributed by atoms with Crippen molar-refractivity contribution in [1.29, 1.82) is 0 Å². The van der Waals surface area contributed by atoms with Gasteiger partial charge in [-0.3, -0.25) is 0 Å². The van der Waals surface area contributed by atoms with Crippen molar-refractivity contribution >= 4 is 58.0 Å². The van der Waals surface area contributed by atoms with Gasteiger partial charge in [0.2, 0.25) is 0 Å². The highest BCUT2D eigenvalue weighted by Crippen LogP contribution is 2.38. The van der Waals surface area contributed by atoms with E-state index in [4.69, 9.17) is 72.2 Å². The molecule has 3 atom stereocenters. The lowest BCUT2D eigenvalue weighted by molar-refractivity contribution is -0.170. The Hall–Kier alpha value is -1.18. The van der Waals surface area contributed by atoms with E-state index in [1.165, 1.54) is 0 Å². The fourth-order valence-electron chi connectivity index (χ4n) is 3.66. The first kappa shape index (κ1) is 24.9. The van der Waals surface area contributed by atoms with Crippen LogP contribution in [0.15, 0.2) is 49.1 Å². The Morgan fingerprint density at radius 2 is 1.76 bits per heavy atom. The molecule has 0 spiro atoms. The second-order valence-corrected chi connectivity index (χ2v) is 9.78. The van der Waals surface area contributed by atoms with Crippen LogP contribution in [0.2, 0.25) is 25.1 Å². The van der Waals surface area contributed by atoms with Crippen molar-refractivity contribution in [2.24, 2.45) is 0 Å². The maximum Gasteiger partial charge on any atom is 0.200 e. The first-order chi connectivity index (χ1) is 15.9. The molecule has 1 saturated heterocycles. The van der Waals surface area contributed by atoms with Gasteiger partial charge in [0.15, 0.2) is 12.0 Å². The molecule has 0 bridgehead atoms. The average molecular weight is 551 g/mol. The molecule has 2 heterocycles. The molecule has 1 aromatic heterocycles. The Balaban J connectivity index is 1.42. The van der Waals surface area contributed by atoms with E-state index in [-0.39, 0.29) is 12.2 Å². The molecule has 0 aliphatic carbocycles. The van der Waals surface area contributed by atoms with Crippen LogP contribution in [0, 0.1) is 0 Å². The first-order valence-corrected chi connectivity index (χ1v) is 12.3. The lowest BCUT2D eigenvalue weighted by Crippen LogP contribution is -2.35. The highest BCUT2D eigenvalue weighted by Gasteiger charge is 2.27. The Bertz CT molecular complexity index is 1060. The molecule has 0 saturated carbocycles. The second kappa shape index (κ2) is 11.5. The Labute approximate surface area is 217 Å². The minimum absolute atomic E-state index is 0.162. The number of rotatable bonds is 8. The van der Waals surface area contributed by atoms with Gasteiger partial charge >= 0.3 is 0 Å². The van der Waals surface area contributed by atoms with E-state index in [2.05, 4.69) is 4.98 Å². The maximum absolute atomic E-state index is 6.47. The predicted molar refractivity (Wildman–Crippen MR) is 132 cm³/mol. The predicted octanol–water partition coefficient (Wildman–Crippen LogP) is 7.88. The number of hydrogen-bond donors (Lipinski definition) is 0. The molecule has 1 aliphatic heterocycles. The minimum atomic E-state index is -0.491.